The molecule has 2 aliphatic rings. The van der Waals surface area contributed by atoms with Gasteiger partial charge in [-0.15, -0.1) is 0 Å². The van der Waals surface area contributed by atoms with Crippen LogP contribution in [0.1, 0.15) is 37.2 Å². The molecule has 22 heavy (non-hydrogen) atoms. The molecule has 0 bridgehead atoms. The van der Waals surface area contributed by atoms with Gasteiger partial charge in [-0.2, -0.15) is 0 Å². The zero-order valence-corrected chi connectivity index (χ0v) is 12.0. The monoisotopic (exact) mass is 309 g/mol. The van der Waals surface area contributed by atoms with Crippen molar-refractivity contribution < 1.29 is 23.5 Å². The summed E-state index contributed by atoms with van der Waals surface area (Å²) in [5.74, 6) is -3.85. The van der Waals surface area contributed by atoms with Crippen molar-refractivity contribution in [3.63, 3.8) is 0 Å². The lowest BCUT2D eigenvalue weighted by molar-refractivity contribution is -0.152. The smallest absolute Gasteiger partial charge is 0.326 e. The van der Waals surface area contributed by atoms with E-state index in [4.69, 9.17) is 0 Å². The van der Waals surface area contributed by atoms with Crippen LogP contribution in [0.2, 0.25) is 0 Å². The summed E-state index contributed by atoms with van der Waals surface area (Å²) < 4.78 is 27.1. The van der Waals surface area contributed by atoms with Crippen LogP contribution >= 0.6 is 0 Å². The molecule has 2 unspecified atom stereocenters. The van der Waals surface area contributed by atoms with Crippen LogP contribution in [0.5, 0.6) is 0 Å². The molecule has 1 aliphatic heterocycles. The summed E-state index contributed by atoms with van der Waals surface area (Å²) in [6.07, 6.45) is 2.46. The molecule has 0 aromatic heterocycles. The zero-order valence-electron chi connectivity index (χ0n) is 12.0. The van der Waals surface area contributed by atoms with Crippen LogP contribution in [0.25, 0.3) is 0 Å². The Morgan fingerprint density at radius 3 is 2.73 bits per heavy atom. The number of hydrogen-bond donors (Lipinski definition) is 1. The van der Waals surface area contributed by atoms with Crippen LogP contribution in [-0.4, -0.2) is 34.5 Å². The topological polar surface area (TPSA) is 57.6 Å². The van der Waals surface area contributed by atoms with Crippen LogP contribution in [0, 0.1) is 17.6 Å². The molecule has 3 rings (SSSR count). The highest BCUT2D eigenvalue weighted by Crippen LogP contribution is 2.50. The van der Waals surface area contributed by atoms with Gasteiger partial charge in [-0.25, -0.2) is 13.6 Å². The van der Waals surface area contributed by atoms with Gasteiger partial charge in [-0.05, 0) is 43.2 Å². The predicted octanol–water partition coefficient (Wildman–Crippen LogP) is 2.53. The SMILES string of the molecule is O=C(O)[C@H]1CCCCN1C(=O)C1CC1c1cccc(F)c1F. The zero-order chi connectivity index (χ0) is 15.9. The molecular weight excluding hydrogens is 292 g/mol. The quantitative estimate of drug-likeness (QED) is 0.933. The van der Waals surface area contributed by atoms with Gasteiger partial charge in [0.2, 0.25) is 5.91 Å². The van der Waals surface area contributed by atoms with E-state index in [1.165, 1.54) is 17.0 Å². The Hall–Kier alpha value is -1.98. The summed E-state index contributed by atoms with van der Waals surface area (Å²) in [7, 11) is 0. The number of carbonyl (C=O) groups is 2. The maximum absolute atomic E-state index is 13.8. The number of amides is 1. The van der Waals surface area contributed by atoms with Crippen molar-refractivity contribution in [1.82, 2.24) is 4.90 Å². The van der Waals surface area contributed by atoms with E-state index >= 15 is 0 Å². The molecule has 1 aromatic rings. The number of likely N-dealkylation sites (tertiary alicyclic amines) is 1. The van der Waals surface area contributed by atoms with Crippen LogP contribution in [0.15, 0.2) is 18.2 Å². The molecule has 4 nitrogen and oxygen atoms in total. The highest BCUT2D eigenvalue weighted by Gasteiger charge is 2.49. The lowest BCUT2D eigenvalue weighted by atomic mass is 10.0. The number of rotatable bonds is 3. The summed E-state index contributed by atoms with van der Waals surface area (Å²) in [4.78, 5) is 25.2. The molecule has 1 saturated carbocycles. The summed E-state index contributed by atoms with van der Waals surface area (Å²) in [5.41, 5.74) is 0.210. The number of carboxylic acid groups (broad SMARTS) is 1. The van der Waals surface area contributed by atoms with Crippen molar-refractivity contribution in [2.75, 3.05) is 6.54 Å². The minimum absolute atomic E-state index is 0.210. The number of aliphatic carboxylic acids is 1. The van der Waals surface area contributed by atoms with Gasteiger partial charge >= 0.3 is 5.97 Å². The Morgan fingerprint density at radius 2 is 2.00 bits per heavy atom. The standard InChI is InChI=1S/C16H17F2NO3/c17-12-5-3-4-9(14(12)18)10-8-11(10)15(20)19-7-2-1-6-13(19)16(21)22/h3-5,10-11,13H,1-2,6-8H2,(H,21,22)/t10?,11?,13-/m1/s1. The molecule has 1 N–H and O–H groups in total. The Balaban J connectivity index is 1.74. The van der Waals surface area contributed by atoms with E-state index in [0.717, 1.165) is 18.9 Å². The fraction of sp³-hybridized carbons (Fsp3) is 0.500. The molecule has 118 valence electrons. The number of carboxylic acids is 1. The fourth-order valence-electron chi connectivity index (χ4n) is 3.28. The second-order valence-electron chi connectivity index (χ2n) is 5.97. The predicted molar refractivity (Wildman–Crippen MR) is 74.2 cm³/mol. The Bertz CT molecular complexity index is 619. The third-order valence-electron chi connectivity index (χ3n) is 4.56. The summed E-state index contributed by atoms with van der Waals surface area (Å²) in [6, 6.07) is 3.17. The summed E-state index contributed by atoms with van der Waals surface area (Å²) >= 11 is 0. The van der Waals surface area contributed by atoms with E-state index < -0.39 is 29.6 Å². The Labute approximate surface area is 126 Å². The van der Waals surface area contributed by atoms with Gasteiger partial charge in [0.1, 0.15) is 6.04 Å². The van der Waals surface area contributed by atoms with Crippen LogP contribution in [-0.2, 0) is 9.59 Å². The first-order valence-electron chi connectivity index (χ1n) is 7.48. The Morgan fingerprint density at radius 1 is 1.23 bits per heavy atom. The van der Waals surface area contributed by atoms with E-state index in [-0.39, 0.29) is 17.4 Å². The minimum atomic E-state index is -0.998. The second kappa shape index (κ2) is 5.66. The minimum Gasteiger partial charge on any atom is -0.480 e. The first-order chi connectivity index (χ1) is 10.5. The van der Waals surface area contributed by atoms with Gasteiger partial charge in [0.25, 0.3) is 0 Å². The first kappa shape index (κ1) is 14.9. The van der Waals surface area contributed by atoms with Crippen LogP contribution in [0.3, 0.4) is 0 Å². The number of piperidine rings is 1. The lowest BCUT2D eigenvalue weighted by Gasteiger charge is -2.33. The molecular formula is C16H17F2NO3. The second-order valence-corrected chi connectivity index (χ2v) is 5.97. The van der Waals surface area contributed by atoms with E-state index in [9.17, 15) is 23.5 Å². The van der Waals surface area contributed by atoms with Gasteiger partial charge in [0.05, 0.1) is 0 Å². The van der Waals surface area contributed by atoms with Gasteiger partial charge in [-0.1, -0.05) is 12.1 Å². The van der Waals surface area contributed by atoms with E-state index in [1.807, 2.05) is 0 Å². The van der Waals surface area contributed by atoms with Gasteiger partial charge in [0.15, 0.2) is 11.6 Å². The Kier molecular flexibility index (Phi) is 3.85. The van der Waals surface area contributed by atoms with Crippen molar-refractivity contribution in [3.05, 3.63) is 35.4 Å². The molecule has 6 heteroatoms. The van der Waals surface area contributed by atoms with Crippen molar-refractivity contribution >= 4 is 11.9 Å². The van der Waals surface area contributed by atoms with Gasteiger partial charge < -0.3 is 10.0 Å². The van der Waals surface area contributed by atoms with Crippen molar-refractivity contribution in [2.45, 2.75) is 37.6 Å². The third-order valence-corrected chi connectivity index (χ3v) is 4.56. The number of benzene rings is 1. The van der Waals surface area contributed by atoms with Crippen molar-refractivity contribution in [1.29, 1.82) is 0 Å². The number of carbonyl (C=O) groups excluding carboxylic acids is 1. The number of hydrogen-bond acceptors (Lipinski definition) is 2. The maximum Gasteiger partial charge on any atom is 0.326 e. The molecule has 1 amide bonds. The van der Waals surface area contributed by atoms with E-state index in [2.05, 4.69) is 0 Å². The average molecular weight is 309 g/mol. The number of halogens is 2. The highest BCUT2D eigenvalue weighted by molar-refractivity contribution is 5.87. The van der Waals surface area contributed by atoms with Crippen LogP contribution in [0.4, 0.5) is 8.78 Å². The molecule has 2 fully saturated rings. The lowest BCUT2D eigenvalue weighted by Crippen LogP contribution is -2.48. The highest BCUT2D eigenvalue weighted by atomic mass is 19.2. The molecule has 3 atom stereocenters. The first-order valence-corrected chi connectivity index (χ1v) is 7.48. The average Bonchev–Trinajstić information content (AvgIpc) is 3.29. The third kappa shape index (κ3) is 2.58. The van der Waals surface area contributed by atoms with E-state index in [1.54, 1.807) is 0 Å². The van der Waals surface area contributed by atoms with Gasteiger partial charge in [-0.3, -0.25) is 4.79 Å². The normalized spacial score (nSPS) is 27.5. The maximum atomic E-state index is 13.8. The van der Waals surface area contributed by atoms with Gasteiger partial charge in [0, 0.05) is 12.5 Å². The number of nitrogens with zero attached hydrogens (tertiary/aromatic N) is 1. The molecule has 1 aliphatic carbocycles. The molecule has 1 saturated heterocycles. The molecule has 0 spiro atoms. The van der Waals surface area contributed by atoms with Crippen molar-refractivity contribution in [2.24, 2.45) is 5.92 Å². The van der Waals surface area contributed by atoms with Crippen molar-refractivity contribution in [3.8, 4) is 0 Å². The summed E-state index contributed by atoms with van der Waals surface area (Å²) in [5, 5.41) is 9.22. The largest absolute Gasteiger partial charge is 0.480 e. The molecule has 0 radical (unpaired) electrons. The fourth-order valence-corrected chi connectivity index (χ4v) is 3.28. The molecule has 1 aromatic carbocycles. The van der Waals surface area contributed by atoms with Crippen LogP contribution < -0.4 is 0 Å². The summed E-state index contributed by atoms with van der Waals surface area (Å²) in [6.45, 7) is 0.421. The van der Waals surface area contributed by atoms with E-state index in [0.29, 0.717) is 19.4 Å². The molecule has 1 heterocycles.